The van der Waals surface area contributed by atoms with Crippen LogP contribution in [-0.2, 0) is 9.84 Å². The van der Waals surface area contributed by atoms with E-state index in [9.17, 15) is 13.2 Å². The van der Waals surface area contributed by atoms with E-state index in [0.29, 0.717) is 12.1 Å². The van der Waals surface area contributed by atoms with E-state index in [1.165, 1.54) is 12.1 Å². The summed E-state index contributed by atoms with van der Waals surface area (Å²) in [6.45, 7) is 0. The third kappa shape index (κ3) is 2.73. The van der Waals surface area contributed by atoms with E-state index in [-0.39, 0.29) is 28.8 Å². The lowest BCUT2D eigenvalue weighted by molar-refractivity contribution is 0.0698. The van der Waals surface area contributed by atoms with Crippen molar-refractivity contribution in [1.82, 2.24) is 0 Å². The predicted octanol–water partition coefficient (Wildman–Crippen LogP) is 0.566. The summed E-state index contributed by atoms with van der Waals surface area (Å²) < 4.78 is 22.6. The summed E-state index contributed by atoms with van der Waals surface area (Å²) in [5.74, 6) is -0.788. The van der Waals surface area contributed by atoms with Crippen LogP contribution in [0.5, 0.6) is 0 Å². The number of rotatable bonds is 3. The molecule has 0 bridgehead atoms. The van der Waals surface area contributed by atoms with Crippen molar-refractivity contribution in [3.63, 3.8) is 0 Å². The second kappa shape index (κ2) is 4.49. The zero-order chi connectivity index (χ0) is 13.3. The van der Waals surface area contributed by atoms with Gasteiger partial charge in [-0.3, -0.25) is 0 Å². The Bertz CT molecular complexity index is 583. The van der Waals surface area contributed by atoms with Gasteiger partial charge in [0.2, 0.25) is 0 Å². The van der Waals surface area contributed by atoms with E-state index in [2.05, 4.69) is 5.32 Å². The Morgan fingerprint density at radius 2 is 2.17 bits per heavy atom. The van der Waals surface area contributed by atoms with Crippen molar-refractivity contribution < 1.29 is 18.3 Å². The summed E-state index contributed by atoms with van der Waals surface area (Å²) in [5, 5.41) is 11.9. The summed E-state index contributed by atoms with van der Waals surface area (Å²) in [4.78, 5) is 10.8. The minimum absolute atomic E-state index is 0.0413. The average molecular weight is 270 g/mol. The fourth-order valence-corrected chi connectivity index (χ4v) is 3.67. The van der Waals surface area contributed by atoms with E-state index >= 15 is 0 Å². The Hall–Kier alpha value is -1.76. The maximum absolute atomic E-state index is 11.3. The largest absolute Gasteiger partial charge is 0.478 e. The van der Waals surface area contributed by atoms with Crippen molar-refractivity contribution in [1.29, 1.82) is 0 Å². The van der Waals surface area contributed by atoms with Gasteiger partial charge in [-0.15, -0.1) is 0 Å². The molecule has 98 valence electrons. The molecule has 2 rings (SSSR count). The van der Waals surface area contributed by atoms with Gasteiger partial charge in [-0.1, -0.05) is 0 Å². The molecule has 0 radical (unpaired) electrons. The van der Waals surface area contributed by atoms with Crippen LogP contribution in [0.1, 0.15) is 16.8 Å². The Morgan fingerprint density at radius 1 is 1.44 bits per heavy atom. The normalized spacial score (nSPS) is 21.7. The lowest BCUT2D eigenvalue weighted by Gasteiger charge is -2.13. The number of hydrogen-bond acceptors (Lipinski definition) is 5. The smallest absolute Gasteiger partial charge is 0.337 e. The molecule has 1 fully saturated rings. The van der Waals surface area contributed by atoms with Crippen molar-refractivity contribution in [2.24, 2.45) is 0 Å². The Labute approximate surface area is 105 Å². The number of carbonyl (C=O) groups is 1. The van der Waals surface area contributed by atoms with E-state index < -0.39 is 15.8 Å². The number of aromatic carboxylic acids is 1. The molecule has 18 heavy (non-hydrogen) atoms. The molecule has 0 saturated carbocycles. The Balaban J connectivity index is 2.12. The van der Waals surface area contributed by atoms with E-state index in [0.717, 1.165) is 0 Å². The Kier molecular flexibility index (Phi) is 3.16. The minimum atomic E-state index is -2.94. The number of hydrogen-bond donors (Lipinski definition) is 3. The molecule has 1 unspecified atom stereocenters. The first-order chi connectivity index (χ1) is 8.37. The molecule has 4 N–H and O–H groups in total. The van der Waals surface area contributed by atoms with Gasteiger partial charge in [0, 0.05) is 17.4 Å². The van der Waals surface area contributed by atoms with Crippen LogP contribution in [0.2, 0.25) is 0 Å². The summed E-state index contributed by atoms with van der Waals surface area (Å²) in [6.07, 6.45) is 0.558. The van der Waals surface area contributed by atoms with Gasteiger partial charge in [-0.25, -0.2) is 13.2 Å². The molecule has 7 heteroatoms. The van der Waals surface area contributed by atoms with Crippen molar-refractivity contribution in [3.05, 3.63) is 23.8 Å². The predicted molar refractivity (Wildman–Crippen MR) is 68.5 cm³/mol. The molecule has 6 nitrogen and oxygen atoms in total. The number of carboxylic acids is 1. The van der Waals surface area contributed by atoms with E-state index in [1.807, 2.05) is 0 Å². The third-order valence-corrected chi connectivity index (χ3v) is 4.65. The fourth-order valence-electron chi connectivity index (χ4n) is 1.99. The van der Waals surface area contributed by atoms with Crippen LogP contribution in [0.15, 0.2) is 18.2 Å². The standard InChI is InChI=1S/C11H14N2O4S/c12-10-5-7(1-2-9(10)11(14)15)13-8-3-4-18(16,17)6-8/h1-2,5,8,13H,3-4,6,12H2,(H,14,15). The van der Waals surface area contributed by atoms with Crippen molar-refractivity contribution in [2.75, 3.05) is 22.6 Å². The molecule has 0 amide bonds. The maximum atomic E-state index is 11.3. The Morgan fingerprint density at radius 3 is 2.67 bits per heavy atom. The molecular formula is C11H14N2O4S. The lowest BCUT2D eigenvalue weighted by Crippen LogP contribution is -2.20. The van der Waals surface area contributed by atoms with E-state index in [4.69, 9.17) is 10.8 Å². The molecule has 1 aromatic carbocycles. The second-order valence-electron chi connectivity index (χ2n) is 4.35. The number of benzene rings is 1. The van der Waals surface area contributed by atoms with Crippen LogP contribution in [0, 0.1) is 0 Å². The topological polar surface area (TPSA) is 109 Å². The average Bonchev–Trinajstić information content (AvgIpc) is 2.57. The van der Waals surface area contributed by atoms with Gasteiger partial charge < -0.3 is 16.2 Å². The zero-order valence-electron chi connectivity index (χ0n) is 9.59. The van der Waals surface area contributed by atoms with Gasteiger partial charge in [0.25, 0.3) is 0 Å². The molecule has 0 aliphatic carbocycles. The maximum Gasteiger partial charge on any atom is 0.337 e. The van der Waals surface area contributed by atoms with Crippen molar-refractivity contribution in [3.8, 4) is 0 Å². The number of nitrogen functional groups attached to an aromatic ring is 1. The molecule has 1 heterocycles. The molecule has 0 spiro atoms. The first kappa shape index (κ1) is 12.7. The number of sulfone groups is 1. The van der Waals surface area contributed by atoms with Gasteiger partial charge in [-0.05, 0) is 24.6 Å². The van der Waals surface area contributed by atoms with Gasteiger partial charge in [0.1, 0.15) is 0 Å². The molecular weight excluding hydrogens is 256 g/mol. The highest BCUT2D eigenvalue weighted by Gasteiger charge is 2.27. The minimum Gasteiger partial charge on any atom is -0.478 e. The SMILES string of the molecule is Nc1cc(NC2CCS(=O)(=O)C2)ccc1C(=O)O. The molecule has 1 aromatic rings. The summed E-state index contributed by atoms with van der Waals surface area (Å²) in [6, 6.07) is 4.37. The number of nitrogens with one attached hydrogen (secondary N) is 1. The molecule has 0 aromatic heterocycles. The van der Waals surface area contributed by atoms with Crippen LogP contribution in [-0.4, -0.2) is 37.0 Å². The highest BCUT2D eigenvalue weighted by atomic mass is 32.2. The van der Waals surface area contributed by atoms with Crippen LogP contribution < -0.4 is 11.1 Å². The quantitative estimate of drug-likeness (QED) is 0.692. The fraction of sp³-hybridized carbons (Fsp3) is 0.364. The first-order valence-corrected chi connectivity index (χ1v) is 7.29. The molecule has 1 saturated heterocycles. The van der Waals surface area contributed by atoms with Gasteiger partial charge in [0.15, 0.2) is 9.84 Å². The van der Waals surface area contributed by atoms with E-state index in [1.54, 1.807) is 6.07 Å². The summed E-state index contributed by atoms with van der Waals surface area (Å²) in [5.41, 5.74) is 6.45. The third-order valence-electron chi connectivity index (χ3n) is 2.89. The zero-order valence-corrected chi connectivity index (χ0v) is 10.4. The second-order valence-corrected chi connectivity index (χ2v) is 6.58. The molecule has 1 atom stereocenters. The van der Waals surface area contributed by atoms with Crippen LogP contribution in [0.3, 0.4) is 0 Å². The lowest BCUT2D eigenvalue weighted by atomic mass is 10.1. The molecule has 1 aliphatic heterocycles. The van der Waals surface area contributed by atoms with Crippen molar-refractivity contribution >= 4 is 27.2 Å². The van der Waals surface area contributed by atoms with Gasteiger partial charge in [0.05, 0.1) is 17.1 Å². The van der Waals surface area contributed by atoms with Crippen LogP contribution >= 0.6 is 0 Å². The number of nitrogens with two attached hydrogens (primary N) is 1. The highest BCUT2D eigenvalue weighted by Crippen LogP contribution is 2.21. The van der Waals surface area contributed by atoms with Crippen LogP contribution in [0.4, 0.5) is 11.4 Å². The van der Waals surface area contributed by atoms with Gasteiger partial charge >= 0.3 is 5.97 Å². The summed E-state index contributed by atoms with van der Waals surface area (Å²) in [7, 11) is -2.94. The summed E-state index contributed by atoms with van der Waals surface area (Å²) >= 11 is 0. The number of anilines is 2. The van der Waals surface area contributed by atoms with Crippen LogP contribution in [0.25, 0.3) is 0 Å². The first-order valence-electron chi connectivity index (χ1n) is 5.47. The van der Waals surface area contributed by atoms with Crippen molar-refractivity contribution in [2.45, 2.75) is 12.5 Å². The monoisotopic (exact) mass is 270 g/mol. The molecule has 1 aliphatic rings. The highest BCUT2D eigenvalue weighted by molar-refractivity contribution is 7.91. The van der Waals surface area contributed by atoms with Gasteiger partial charge in [-0.2, -0.15) is 0 Å². The number of carboxylic acid groups (broad SMARTS) is 1.